The summed E-state index contributed by atoms with van der Waals surface area (Å²) in [6.45, 7) is 2.23. The number of aromatic nitrogens is 3. The lowest BCUT2D eigenvalue weighted by Crippen LogP contribution is -2.55. The lowest BCUT2D eigenvalue weighted by atomic mass is 9.48. The van der Waals surface area contributed by atoms with Crippen molar-refractivity contribution in [1.82, 2.24) is 20.1 Å². The normalized spacial score (nSPS) is 32.4. The van der Waals surface area contributed by atoms with Gasteiger partial charge in [0, 0.05) is 37.2 Å². The van der Waals surface area contributed by atoms with Gasteiger partial charge >= 0.3 is 0 Å². The molecule has 6 rings (SSSR count). The molecule has 0 spiro atoms. The summed E-state index contributed by atoms with van der Waals surface area (Å²) < 4.78 is 1.71. The summed E-state index contributed by atoms with van der Waals surface area (Å²) in [5, 5.41) is 7.88. The molecule has 0 radical (unpaired) electrons. The zero-order valence-electron chi connectivity index (χ0n) is 16.2. The Morgan fingerprint density at radius 3 is 2.48 bits per heavy atom. The summed E-state index contributed by atoms with van der Waals surface area (Å²) in [5.74, 6) is 2.66. The molecule has 2 heterocycles. The van der Waals surface area contributed by atoms with Gasteiger partial charge in [-0.05, 0) is 80.8 Å². The number of carbonyl (C=O) groups excluding carboxylic acids is 1. The molecule has 4 fully saturated rings. The molecule has 0 saturated heterocycles. The number of carbonyl (C=O) groups is 1. The molecule has 5 heteroatoms. The maximum Gasteiger partial charge on any atom is 0.255 e. The van der Waals surface area contributed by atoms with E-state index in [0.29, 0.717) is 16.7 Å². The molecule has 2 aromatic heterocycles. The lowest BCUT2D eigenvalue weighted by Gasteiger charge is -2.59. The van der Waals surface area contributed by atoms with Crippen LogP contribution in [-0.4, -0.2) is 26.7 Å². The second-order valence-corrected chi connectivity index (χ2v) is 9.28. The van der Waals surface area contributed by atoms with Gasteiger partial charge in [-0.25, -0.2) is 0 Å². The molecule has 1 atom stereocenters. The first-order valence-corrected chi connectivity index (χ1v) is 10.3. The van der Waals surface area contributed by atoms with E-state index in [-0.39, 0.29) is 11.9 Å². The lowest BCUT2D eigenvalue weighted by molar-refractivity contribution is -0.0687. The minimum atomic E-state index is -0.00908. The Balaban J connectivity index is 1.38. The number of nitrogens with zero attached hydrogens (tertiary/aromatic N) is 3. The van der Waals surface area contributed by atoms with Gasteiger partial charge in [0.25, 0.3) is 5.91 Å². The SMILES string of the molecule is C[C@@H](NC(=O)c1cn(C)nc1-c1cccnc1)C12CC3CC(CC(C3)C1)C2. The van der Waals surface area contributed by atoms with E-state index >= 15 is 0 Å². The molecule has 142 valence electrons. The highest BCUT2D eigenvalue weighted by Crippen LogP contribution is 2.61. The highest BCUT2D eigenvalue weighted by atomic mass is 16.1. The zero-order valence-corrected chi connectivity index (χ0v) is 16.2. The van der Waals surface area contributed by atoms with Crippen LogP contribution in [0.15, 0.2) is 30.7 Å². The van der Waals surface area contributed by atoms with E-state index in [1.165, 1.54) is 38.5 Å². The van der Waals surface area contributed by atoms with Gasteiger partial charge in [-0.15, -0.1) is 0 Å². The van der Waals surface area contributed by atoms with E-state index in [1.54, 1.807) is 17.1 Å². The molecule has 1 amide bonds. The maximum absolute atomic E-state index is 13.2. The molecule has 27 heavy (non-hydrogen) atoms. The number of aryl methyl sites for hydroxylation is 1. The van der Waals surface area contributed by atoms with Gasteiger partial charge in [0.1, 0.15) is 5.69 Å². The van der Waals surface area contributed by atoms with Crippen molar-refractivity contribution in [3.8, 4) is 11.3 Å². The average molecular weight is 364 g/mol. The number of rotatable bonds is 4. The van der Waals surface area contributed by atoms with Crippen LogP contribution < -0.4 is 5.32 Å². The van der Waals surface area contributed by atoms with E-state index in [2.05, 4.69) is 22.3 Å². The van der Waals surface area contributed by atoms with Crippen LogP contribution in [0.3, 0.4) is 0 Å². The molecule has 1 N–H and O–H groups in total. The fraction of sp³-hybridized carbons (Fsp3) is 0.591. The Morgan fingerprint density at radius 1 is 1.22 bits per heavy atom. The molecule has 5 nitrogen and oxygen atoms in total. The van der Waals surface area contributed by atoms with Gasteiger partial charge in [0.05, 0.1) is 5.56 Å². The third-order valence-corrected chi connectivity index (χ3v) is 7.36. The average Bonchev–Trinajstić information content (AvgIpc) is 3.03. The highest BCUT2D eigenvalue weighted by Gasteiger charge is 2.53. The van der Waals surface area contributed by atoms with E-state index in [0.717, 1.165) is 23.3 Å². The third-order valence-electron chi connectivity index (χ3n) is 7.36. The smallest absolute Gasteiger partial charge is 0.255 e. The second kappa shape index (κ2) is 6.18. The van der Waals surface area contributed by atoms with Crippen LogP contribution in [0.4, 0.5) is 0 Å². The molecule has 4 saturated carbocycles. The number of amides is 1. The molecular weight excluding hydrogens is 336 g/mol. The summed E-state index contributed by atoms with van der Waals surface area (Å²) >= 11 is 0. The van der Waals surface area contributed by atoms with E-state index in [9.17, 15) is 4.79 Å². The van der Waals surface area contributed by atoms with Gasteiger partial charge < -0.3 is 5.32 Å². The fourth-order valence-corrected chi connectivity index (χ4v) is 6.51. The van der Waals surface area contributed by atoms with Crippen LogP contribution in [0.2, 0.25) is 0 Å². The van der Waals surface area contributed by atoms with Crippen molar-refractivity contribution in [2.24, 2.45) is 30.2 Å². The largest absolute Gasteiger partial charge is 0.349 e. The predicted octanol–water partition coefficient (Wildman–Crippen LogP) is 3.82. The summed E-state index contributed by atoms with van der Waals surface area (Å²) in [4.78, 5) is 17.3. The van der Waals surface area contributed by atoms with Gasteiger partial charge in [-0.2, -0.15) is 5.10 Å². The van der Waals surface area contributed by atoms with Gasteiger partial charge in [0.15, 0.2) is 0 Å². The maximum atomic E-state index is 13.2. The Bertz CT molecular complexity index is 821. The van der Waals surface area contributed by atoms with Crippen LogP contribution in [0, 0.1) is 23.2 Å². The minimum Gasteiger partial charge on any atom is -0.349 e. The molecule has 4 aliphatic rings. The number of hydrogen-bond donors (Lipinski definition) is 1. The summed E-state index contributed by atoms with van der Waals surface area (Å²) in [6, 6.07) is 4.04. The first-order chi connectivity index (χ1) is 13.0. The molecule has 2 aromatic rings. The van der Waals surface area contributed by atoms with Crippen LogP contribution in [0.1, 0.15) is 55.8 Å². The Kier molecular flexibility index (Phi) is 3.88. The van der Waals surface area contributed by atoms with Crippen LogP contribution in [0.5, 0.6) is 0 Å². The summed E-state index contributed by atoms with van der Waals surface area (Å²) in [5.41, 5.74) is 2.54. The number of nitrogens with one attached hydrogen (secondary N) is 1. The Morgan fingerprint density at radius 2 is 1.89 bits per heavy atom. The topological polar surface area (TPSA) is 59.8 Å². The summed E-state index contributed by atoms with van der Waals surface area (Å²) in [6.07, 6.45) is 13.5. The van der Waals surface area contributed by atoms with Crippen LogP contribution >= 0.6 is 0 Å². The molecule has 4 bridgehead atoms. The molecule has 4 aliphatic carbocycles. The number of hydrogen-bond acceptors (Lipinski definition) is 3. The van der Waals surface area contributed by atoms with Crippen LogP contribution in [0.25, 0.3) is 11.3 Å². The Labute approximate surface area is 160 Å². The Hall–Kier alpha value is -2.17. The first-order valence-electron chi connectivity index (χ1n) is 10.3. The second-order valence-electron chi connectivity index (χ2n) is 9.28. The van der Waals surface area contributed by atoms with Gasteiger partial charge in [-0.3, -0.25) is 14.5 Å². The molecule has 0 aromatic carbocycles. The molecule has 0 unspecified atom stereocenters. The van der Waals surface area contributed by atoms with E-state index in [1.807, 2.05) is 25.4 Å². The monoisotopic (exact) mass is 364 g/mol. The first kappa shape index (κ1) is 17.0. The highest BCUT2D eigenvalue weighted by molar-refractivity contribution is 5.99. The molecular formula is C22H28N4O. The van der Waals surface area contributed by atoms with E-state index < -0.39 is 0 Å². The standard InChI is InChI=1S/C22H28N4O/c1-14(22-9-15-6-16(10-22)8-17(7-15)11-22)24-21(27)19-13-26(2)25-20(19)18-4-3-5-23-12-18/h3-5,12-17H,6-11H2,1-2H3,(H,24,27)/t14-,15?,16?,17?,22?/m1/s1. The van der Waals surface area contributed by atoms with Crippen LogP contribution in [-0.2, 0) is 7.05 Å². The molecule has 0 aliphatic heterocycles. The zero-order chi connectivity index (χ0) is 18.6. The van der Waals surface area contributed by atoms with Crippen molar-refractivity contribution < 1.29 is 4.79 Å². The van der Waals surface area contributed by atoms with E-state index in [4.69, 9.17) is 0 Å². The third kappa shape index (κ3) is 2.88. The predicted molar refractivity (Wildman–Crippen MR) is 104 cm³/mol. The van der Waals surface area contributed by atoms with Crippen molar-refractivity contribution in [2.45, 2.75) is 51.5 Å². The number of pyridine rings is 1. The quantitative estimate of drug-likeness (QED) is 0.897. The van der Waals surface area contributed by atoms with Crippen molar-refractivity contribution >= 4 is 5.91 Å². The summed E-state index contributed by atoms with van der Waals surface area (Å²) in [7, 11) is 1.86. The van der Waals surface area contributed by atoms with Crippen molar-refractivity contribution in [1.29, 1.82) is 0 Å². The minimum absolute atomic E-state index is 0.00908. The van der Waals surface area contributed by atoms with Crippen molar-refractivity contribution in [2.75, 3.05) is 0 Å². The van der Waals surface area contributed by atoms with Crippen molar-refractivity contribution in [3.05, 3.63) is 36.3 Å². The van der Waals surface area contributed by atoms with Gasteiger partial charge in [-0.1, -0.05) is 0 Å². The fourth-order valence-electron chi connectivity index (χ4n) is 6.51. The van der Waals surface area contributed by atoms with Gasteiger partial charge in [0.2, 0.25) is 0 Å². The van der Waals surface area contributed by atoms with Crippen molar-refractivity contribution in [3.63, 3.8) is 0 Å².